The Morgan fingerprint density at radius 3 is 3.42 bits per heavy atom. The molecular formula is C9H15NOS. The third kappa shape index (κ3) is 1.53. The topological polar surface area (TPSA) is 21.3 Å². The molecule has 12 heavy (non-hydrogen) atoms. The second-order valence-electron chi connectivity index (χ2n) is 3.35. The minimum absolute atomic E-state index is 0.411. The van der Waals surface area contributed by atoms with Gasteiger partial charge >= 0.3 is 0 Å². The maximum absolute atomic E-state index is 5.71. The SMILES string of the molecule is CNC[C@H]1OCCC2C=CSC21. The first kappa shape index (κ1) is 8.60. The summed E-state index contributed by atoms with van der Waals surface area (Å²) in [5, 5.41) is 6.09. The molecule has 2 unspecified atom stereocenters. The van der Waals surface area contributed by atoms with E-state index in [1.54, 1.807) is 0 Å². The third-order valence-corrected chi connectivity index (χ3v) is 3.82. The Kier molecular flexibility index (Phi) is 2.73. The minimum atomic E-state index is 0.411. The molecule has 0 aromatic rings. The van der Waals surface area contributed by atoms with E-state index in [2.05, 4.69) is 16.8 Å². The quantitative estimate of drug-likeness (QED) is 0.699. The van der Waals surface area contributed by atoms with E-state index in [9.17, 15) is 0 Å². The fourth-order valence-electron chi connectivity index (χ4n) is 1.90. The van der Waals surface area contributed by atoms with Crippen LogP contribution in [0.5, 0.6) is 0 Å². The number of rotatable bonds is 2. The summed E-state index contributed by atoms with van der Waals surface area (Å²) in [6.07, 6.45) is 3.95. The number of fused-ring (bicyclic) bond motifs is 1. The molecule has 1 saturated heterocycles. The maximum Gasteiger partial charge on any atom is 0.0826 e. The van der Waals surface area contributed by atoms with Gasteiger partial charge in [0.25, 0.3) is 0 Å². The van der Waals surface area contributed by atoms with Crippen molar-refractivity contribution < 1.29 is 4.74 Å². The molecule has 3 heteroatoms. The molecule has 0 saturated carbocycles. The van der Waals surface area contributed by atoms with Crippen LogP contribution in [0.25, 0.3) is 0 Å². The van der Waals surface area contributed by atoms with Crippen molar-refractivity contribution in [3.05, 3.63) is 11.5 Å². The largest absolute Gasteiger partial charge is 0.376 e. The van der Waals surface area contributed by atoms with Gasteiger partial charge in [0.2, 0.25) is 0 Å². The van der Waals surface area contributed by atoms with Gasteiger partial charge in [-0.1, -0.05) is 6.08 Å². The van der Waals surface area contributed by atoms with Gasteiger partial charge in [-0.2, -0.15) is 0 Å². The minimum Gasteiger partial charge on any atom is -0.376 e. The van der Waals surface area contributed by atoms with Crippen molar-refractivity contribution in [2.75, 3.05) is 20.2 Å². The van der Waals surface area contributed by atoms with Crippen molar-refractivity contribution in [2.45, 2.75) is 17.8 Å². The summed E-state index contributed by atoms with van der Waals surface area (Å²) in [6.45, 7) is 1.91. The van der Waals surface area contributed by atoms with Crippen LogP contribution >= 0.6 is 11.8 Å². The number of hydrogen-bond acceptors (Lipinski definition) is 3. The first-order valence-electron chi connectivity index (χ1n) is 4.50. The van der Waals surface area contributed by atoms with Crippen molar-refractivity contribution in [1.29, 1.82) is 0 Å². The Bertz CT molecular complexity index is 181. The Morgan fingerprint density at radius 1 is 1.67 bits per heavy atom. The third-order valence-electron chi connectivity index (χ3n) is 2.54. The van der Waals surface area contributed by atoms with E-state index in [4.69, 9.17) is 4.74 Å². The van der Waals surface area contributed by atoms with Gasteiger partial charge in [-0.05, 0) is 24.8 Å². The predicted octanol–water partition coefficient (Wildman–Crippen LogP) is 1.24. The van der Waals surface area contributed by atoms with Crippen molar-refractivity contribution in [3.63, 3.8) is 0 Å². The van der Waals surface area contributed by atoms with Crippen LogP contribution in [-0.2, 0) is 4.74 Å². The second kappa shape index (κ2) is 3.81. The van der Waals surface area contributed by atoms with Gasteiger partial charge in [0.15, 0.2) is 0 Å². The molecule has 2 aliphatic heterocycles. The molecule has 0 bridgehead atoms. The summed E-state index contributed by atoms with van der Waals surface area (Å²) in [6, 6.07) is 0. The summed E-state index contributed by atoms with van der Waals surface area (Å²) in [5.74, 6) is 0.766. The summed E-state index contributed by atoms with van der Waals surface area (Å²) >= 11 is 1.93. The zero-order valence-corrected chi connectivity index (χ0v) is 8.14. The molecular weight excluding hydrogens is 170 g/mol. The van der Waals surface area contributed by atoms with Crippen LogP contribution in [0.3, 0.4) is 0 Å². The van der Waals surface area contributed by atoms with Crippen LogP contribution < -0.4 is 5.32 Å². The Morgan fingerprint density at radius 2 is 2.58 bits per heavy atom. The molecule has 0 aliphatic carbocycles. The molecule has 0 radical (unpaired) electrons. The number of thioether (sulfide) groups is 1. The summed E-state index contributed by atoms with van der Waals surface area (Å²) in [4.78, 5) is 0. The fraction of sp³-hybridized carbons (Fsp3) is 0.778. The van der Waals surface area contributed by atoms with E-state index < -0.39 is 0 Å². The monoisotopic (exact) mass is 185 g/mol. The molecule has 2 nitrogen and oxygen atoms in total. The standard InChI is InChI=1S/C9H15NOS/c1-10-6-8-9-7(2-4-11-8)3-5-12-9/h3,5,7-10H,2,4,6H2,1H3/t7?,8-,9?/m1/s1. The van der Waals surface area contributed by atoms with Gasteiger partial charge in [0.1, 0.15) is 0 Å². The summed E-state index contributed by atoms with van der Waals surface area (Å²) in [5.41, 5.74) is 0. The van der Waals surface area contributed by atoms with Crippen molar-refractivity contribution in [2.24, 2.45) is 5.92 Å². The zero-order valence-electron chi connectivity index (χ0n) is 7.32. The zero-order chi connectivity index (χ0) is 8.39. The van der Waals surface area contributed by atoms with E-state index in [0.717, 1.165) is 19.1 Å². The molecule has 0 spiro atoms. The lowest BCUT2D eigenvalue weighted by molar-refractivity contribution is 0.00954. The molecule has 2 rings (SSSR count). The van der Waals surface area contributed by atoms with Gasteiger partial charge < -0.3 is 10.1 Å². The van der Waals surface area contributed by atoms with Crippen LogP contribution in [0.2, 0.25) is 0 Å². The molecule has 3 atom stereocenters. The molecule has 0 amide bonds. The van der Waals surface area contributed by atoms with Gasteiger partial charge in [-0.25, -0.2) is 0 Å². The van der Waals surface area contributed by atoms with Crippen LogP contribution in [0.1, 0.15) is 6.42 Å². The van der Waals surface area contributed by atoms with Gasteiger partial charge in [0.05, 0.1) is 6.10 Å². The number of nitrogens with one attached hydrogen (secondary N) is 1. The van der Waals surface area contributed by atoms with E-state index >= 15 is 0 Å². The highest BCUT2D eigenvalue weighted by atomic mass is 32.2. The van der Waals surface area contributed by atoms with Gasteiger partial charge in [-0.15, -0.1) is 11.8 Å². The van der Waals surface area contributed by atoms with Crippen molar-refractivity contribution >= 4 is 11.8 Å². The lowest BCUT2D eigenvalue weighted by Crippen LogP contribution is -2.42. The molecule has 68 valence electrons. The molecule has 2 aliphatic rings. The average molecular weight is 185 g/mol. The summed E-state index contributed by atoms with van der Waals surface area (Å²) in [7, 11) is 1.99. The van der Waals surface area contributed by atoms with Crippen molar-refractivity contribution in [3.8, 4) is 0 Å². The molecule has 1 N–H and O–H groups in total. The first-order chi connectivity index (χ1) is 5.92. The molecule has 2 heterocycles. The number of ether oxygens (including phenoxy) is 1. The molecule has 1 fully saturated rings. The predicted molar refractivity (Wildman–Crippen MR) is 52.3 cm³/mol. The Labute approximate surface area is 77.7 Å². The van der Waals surface area contributed by atoms with Crippen LogP contribution in [0.4, 0.5) is 0 Å². The van der Waals surface area contributed by atoms with E-state index in [0.29, 0.717) is 11.4 Å². The average Bonchev–Trinajstić information content (AvgIpc) is 2.53. The highest BCUT2D eigenvalue weighted by Gasteiger charge is 2.34. The Hall–Kier alpha value is 0.01000. The van der Waals surface area contributed by atoms with Crippen LogP contribution in [0.15, 0.2) is 11.5 Å². The maximum atomic E-state index is 5.71. The normalized spacial score (nSPS) is 39.9. The molecule has 0 aromatic carbocycles. The lowest BCUT2D eigenvalue weighted by atomic mass is 9.95. The number of hydrogen-bond donors (Lipinski definition) is 1. The van der Waals surface area contributed by atoms with E-state index in [1.807, 2.05) is 18.8 Å². The van der Waals surface area contributed by atoms with Crippen LogP contribution in [0, 0.1) is 5.92 Å². The highest BCUT2D eigenvalue weighted by molar-refractivity contribution is 8.03. The Balaban J connectivity index is 1.96. The van der Waals surface area contributed by atoms with Crippen LogP contribution in [-0.4, -0.2) is 31.6 Å². The van der Waals surface area contributed by atoms with E-state index in [1.165, 1.54) is 6.42 Å². The number of allylic oxidation sites excluding steroid dienone is 1. The first-order valence-corrected chi connectivity index (χ1v) is 5.44. The van der Waals surface area contributed by atoms with Gasteiger partial charge in [0, 0.05) is 18.4 Å². The fourth-order valence-corrected chi connectivity index (χ4v) is 3.15. The van der Waals surface area contributed by atoms with Gasteiger partial charge in [-0.3, -0.25) is 0 Å². The van der Waals surface area contributed by atoms with E-state index in [-0.39, 0.29) is 0 Å². The smallest absolute Gasteiger partial charge is 0.0826 e. The van der Waals surface area contributed by atoms with Crippen molar-refractivity contribution in [1.82, 2.24) is 5.32 Å². The highest BCUT2D eigenvalue weighted by Crippen LogP contribution is 2.37. The summed E-state index contributed by atoms with van der Waals surface area (Å²) < 4.78 is 5.71. The molecule has 0 aromatic heterocycles. The number of likely N-dealkylation sites (N-methyl/N-ethyl adjacent to an activating group) is 1. The lowest BCUT2D eigenvalue weighted by Gasteiger charge is -2.32. The second-order valence-corrected chi connectivity index (χ2v) is 4.44.